The van der Waals surface area contributed by atoms with Crippen LogP contribution in [0, 0.1) is 0 Å². The Bertz CT molecular complexity index is 595. The van der Waals surface area contributed by atoms with Gasteiger partial charge in [-0.15, -0.1) is 11.8 Å². The number of hydrogen-bond acceptors (Lipinski definition) is 2. The predicted molar refractivity (Wildman–Crippen MR) is 93.0 cm³/mol. The number of thioether (sulfide) groups is 1. The molecule has 0 aliphatic carbocycles. The molecule has 0 saturated heterocycles. The van der Waals surface area contributed by atoms with Gasteiger partial charge in [0, 0.05) is 21.0 Å². The van der Waals surface area contributed by atoms with Crippen LogP contribution in [0.1, 0.15) is 22.8 Å². The van der Waals surface area contributed by atoms with E-state index < -0.39 is 0 Å². The van der Waals surface area contributed by atoms with Gasteiger partial charge in [-0.1, -0.05) is 28.1 Å². The summed E-state index contributed by atoms with van der Waals surface area (Å²) in [5.74, 6) is -0.0211. The second-order valence-electron chi connectivity index (χ2n) is 4.93. The van der Waals surface area contributed by atoms with Gasteiger partial charge < -0.3 is 5.32 Å². The minimum atomic E-state index is -0.0211. The van der Waals surface area contributed by atoms with Crippen LogP contribution in [0.5, 0.6) is 0 Å². The van der Waals surface area contributed by atoms with Gasteiger partial charge in [-0.25, -0.2) is 0 Å². The van der Waals surface area contributed by atoms with Crippen LogP contribution in [0.3, 0.4) is 0 Å². The molecule has 0 fully saturated rings. The zero-order chi connectivity index (χ0) is 15.2. The first-order chi connectivity index (χ1) is 10.1. The van der Waals surface area contributed by atoms with Gasteiger partial charge in [0.1, 0.15) is 0 Å². The first-order valence-corrected chi connectivity index (χ1v) is 8.79. The van der Waals surface area contributed by atoms with Crippen molar-refractivity contribution in [3.05, 3.63) is 64.1 Å². The zero-order valence-corrected chi connectivity index (χ0v) is 14.5. The summed E-state index contributed by atoms with van der Waals surface area (Å²) in [6.45, 7) is 2.02. The van der Waals surface area contributed by atoms with Gasteiger partial charge in [0.15, 0.2) is 0 Å². The Labute approximate surface area is 138 Å². The van der Waals surface area contributed by atoms with Gasteiger partial charge in [-0.3, -0.25) is 4.79 Å². The van der Waals surface area contributed by atoms with Crippen molar-refractivity contribution in [1.82, 2.24) is 5.32 Å². The Hall–Kier alpha value is -1.26. The van der Waals surface area contributed by atoms with Crippen LogP contribution in [0.25, 0.3) is 0 Å². The highest BCUT2D eigenvalue weighted by molar-refractivity contribution is 9.10. The number of nitrogens with one attached hydrogen (secondary N) is 1. The van der Waals surface area contributed by atoms with Crippen molar-refractivity contribution in [2.75, 3.05) is 6.26 Å². The van der Waals surface area contributed by atoms with Gasteiger partial charge in [-0.2, -0.15) is 0 Å². The van der Waals surface area contributed by atoms with E-state index >= 15 is 0 Å². The van der Waals surface area contributed by atoms with E-state index in [-0.39, 0.29) is 11.9 Å². The fourth-order valence-electron chi connectivity index (χ4n) is 2.07. The number of rotatable bonds is 5. The monoisotopic (exact) mass is 363 g/mol. The number of benzene rings is 2. The molecule has 0 aliphatic heterocycles. The Morgan fingerprint density at radius 3 is 2.33 bits per heavy atom. The van der Waals surface area contributed by atoms with E-state index in [2.05, 4.69) is 33.4 Å². The molecule has 0 aromatic heterocycles. The van der Waals surface area contributed by atoms with E-state index in [0.29, 0.717) is 5.56 Å². The topological polar surface area (TPSA) is 29.1 Å². The molecule has 0 spiro atoms. The summed E-state index contributed by atoms with van der Waals surface area (Å²) in [5, 5.41) is 3.04. The number of halogens is 1. The Kier molecular flexibility index (Phi) is 5.88. The molecule has 2 nitrogen and oxygen atoms in total. The van der Waals surface area contributed by atoms with Gasteiger partial charge >= 0.3 is 0 Å². The molecule has 2 aromatic carbocycles. The van der Waals surface area contributed by atoms with Crippen LogP contribution in [0.4, 0.5) is 0 Å². The van der Waals surface area contributed by atoms with Gasteiger partial charge in [-0.05, 0) is 61.6 Å². The summed E-state index contributed by atoms with van der Waals surface area (Å²) < 4.78 is 1.07. The van der Waals surface area contributed by atoms with Crippen LogP contribution in [0.15, 0.2) is 57.9 Å². The Morgan fingerprint density at radius 2 is 1.76 bits per heavy atom. The standard InChI is InChI=1S/C17H18BrNOS/c1-12(11-13-3-7-15(18)8-4-13)19-17(20)14-5-9-16(21-2)10-6-14/h3-10,12H,11H2,1-2H3,(H,19,20). The van der Waals surface area contributed by atoms with Gasteiger partial charge in [0.05, 0.1) is 0 Å². The first-order valence-electron chi connectivity index (χ1n) is 6.78. The third kappa shape index (κ3) is 4.90. The minimum Gasteiger partial charge on any atom is -0.349 e. The molecule has 0 saturated carbocycles. The molecule has 1 unspecified atom stereocenters. The van der Waals surface area contributed by atoms with Crippen LogP contribution in [-0.4, -0.2) is 18.2 Å². The highest BCUT2D eigenvalue weighted by Gasteiger charge is 2.10. The van der Waals surface area contributed by atoms with Crippen molar-refractivity contribution in [3.8, 4) is 0 Å². The highest BCUT2D eigenvalue weighted by Crippen LogP contribution is 2.15. The Morgan fingerprint density at radius 1 is 1.14 bits per heavy atom. The van der Waals surface area contributed by atoms with Crippen molar-refractivity contribution in [2.24, 2.45) is 0 Å². The SMILES string of the molecule is CSc1ccc(C(=O)NC(C)Cc2ccc(Br)cc2)cc1. The van der Waals surface area contributed by atoms with E-state index in [1.165, 1.54) is 5.56 Å². The third-order valence-corrected chi connectivity index (χ3v) is 4.46. The number of amides is 1. The quantitative estimate of drug-likeness (QED) is 0.790. The van der Waals surface area contributed by atoms with Crippen molar-refractivity contribution in [3.63, 3.8) is 0 Å². The molecule has 0 heterocycles. The minimum absolute atomic E-state index is 0.0211. The highest BCUT2D eigenvalue weighted by atomic mass is 79.9. The number of carbonyl (C=O) groups is 1. The molecule has 21 heavy (non-hydrogen) atoms. The third-order valence-electron chi connectivity index (χ3n) is 3.18. The van der Waals surface area contributed by atoms with Crippen molar-refractivity contribution in [2.45, 2.75) is 24.3 Å². The molecule has 0 radical (unpaired) electrons. The summed E-state index contributed by atoms with van der Waals surface area (Å²) >= 11 is 5.09. The van der Waals surface area contributed by atoms with Crippen molar-refractivity contribution in [1.29, 1.82) is 0 Å². The average Bonchev–Trinajstić information content (AvgIpc) is 2.49. The summed E-state index contributed by atoms with van der Waals surface area (Å²) in [6.07, 6.45) is 2.84. The summed E-state index contributed by atoms with van der Waals surface area (Å²) in [4.78, 5) is 13.3. The van der Waals surface area contributed by atoms with Crippen molar-refractivity contribution < 1.29 is 4.79 Å². The molecule has 2 rings (SSSR count). The largest absolute Gasteiger partial charge is 0.349 e. The fraction of sp³-hybridized carbons (Fsp3) is 0.235. The molecule has 1 amide bonds. The smallest absolute Gasteiger partial charge is 0.251 e. The molecule has 0 bridgehead atoms. The molecule has 4 heteroatoms. The fourth-order valence-corrected chi connectivity index (χ4v) is 2.75. The lowest BCUT2D eigenvalue weighted by atomic mass is 10.1. The molecular weight excluding hydrogens is 346 g/mol. The number of hydrogen-bond donors (Lipinski definition) is 1. The maximum atomic E-state index is 12.2. The second-order valence-corrected chi connectivity index (χ2v) is 6.73. The molecule has 0 aliphatic rings. The van der Waals surface area contributed by atoms with Crippen LogP contribution in [-0.2, 0) is 6.42 Å². The van der Waals surface area contributed by atoms with E-state index in [9.17, 15) is 4.79 Å². The van der Waals surface area contributed by atoms with E-state index in [1.807, 2.05) is 49.6 Å². The lowest BCUT2D eigenvalue weighted by Crippen LogP contribution is -2.34. The zero-order valence-electron chi connectivity index (χ0n) is 12.1. The first kappa shape index (κ1) is 16.1. The molecular formula is C17H18BrNOS. The van der Waals surface area contributed by atoms with Crippen LogP contribution < -0.4 is 5.32 Å². The maximum Gasteiger partial charge on any atom is 0.251 e. The lowest BCUT2D eigenvalue weighted by molar-refractivity contribution is 0.0940. The average molecular weight is 364 g/mol. The maximum absolute atomic E-state index is 12.2. The molecule has 2 aromatic rings. The van der Waals surface area contributed by atoms with E-state index in [1.54, 1.807) is 11.8 Å². The summed E-state index contributed by atoms with van der Waals surface area (Å²) in [6, 6.07) is 16.0. The Balaban J connectivity index is 1.93. The van der Waals surface area contributed by atoms with Gasteiger partial charge in [0.2, 0.25) is 0 Å². The van der Waals surface area contributed by atoms with Crippen molar-refractivity contribution >= 4 is 33.6 Å². The predicted octanol–water partition coefficient (Wildman–Crippen LogP) is 4.53. The summed E-state index contributed by atoms with van der Waals surface area (Å²) in [7, 11) is 0. The van der Waals surface area contributed by atoms with Crippen LogP contribution in [0.2, 0.25) is 0 Å². The second kappa shape index (κ2) is 7.66. The lowest BCUT2D eigenvalue weighted by Gasteiger charge is -2.14. The molecule has 1 N–H and O–H groups in total. The van der Waals surface area contributed by atoms with Gasteiger partial charge in [0.25, 0.3) is 5.91 Å². The summed E-state index contributed by atoms with van der Waals surface area (Å²) in [5.41, 5.74) is 1.92. The molecule has 1 atom stereocenters. The van der Waals surface area contributed by atoms with Crippen LogP contribution >= 0.6 is 27.7 Å². The number of carbonyl (C=O) groups excluding carboxylic acids is 1. The van der Waals surface area contributed by atoms with E-state index in [0.717, 1.165) is 15.8 Å². The molecule has 110 valence electrons. The normalized spacial score (nSPS) is 12.0. The van der Waals surface area contributed by atoms with E-state index in [4.69, 9.17) is 0 Å².